The summed E-state index contributed by atoms with van der Waals surface area (Å²) < 4.78 is 5.24. The average molecular weight is 377 g/mol. The van der Waals surface area contributed by atoms with Gasteiger partial charge in [0.05, 0.1) is 6.61 Å². The van der Waals surface area contributed by atoms with E-state index in [1.54, 1.807) is 0 Å². The molecule has 3 aliphatic heterocycles. The molecule has 0 aromatic rings. The lowest BCUT2D eigenvalue weighted by Crippen LogP contribution is -2.52. The fourth-order valence-corrected chi connectivity index (χ4v) is 5.88. The Kier molecular flexibility index (Phi) is 4.91. The molecule has 3 amide bonds. The molecule has 0 N–H and O–H groups in total. The second-order valence-electron chi connectivity index (χ2n) is 8.53. The van der Waals surface area contributed by atoms with Crippen molar-refractivity contribution >= 4 is 17.9 Å². The molecule has 7 heteroatoms. The number of nitrogens with zero attached hydrogens (tertiary/aromatic N) is 3. The second-order valence-corrected chi connectivity index (χ2v) is 8.53. The molecule has 0 spiro atoms. The first kappa shape index (κ1) is 18.7. The van der Waals surface area contributed by atoms with E-state index in [0.29, 0.717) is 43.1 Å². The first-order valence-electron chi connectivity index (χ1n) is 10.5. The van der Waals surface area contributed by atoms with Gasteiger partial charge >= 0.3 is 6.09 Å². The van der Waals surface area contributed by atoms with Crippen molar-refractivity contribution < 1.29 is 19.1 Å². The van der Waals surface area contributed by atoms with Gasteiger partial charge in [-0.05, 0) is 51.4 Å². The summed E-state index contributed by atoms with van der Waals surface area (Å²) >= 11 is 0. The molecule has 0 aromatic carbocycles. The molecule has 4 aliphatic rings. The maximum atomic E-state index is 12.6. The van der Waals surface area contributed by atoms with Crippen LogP contribution in [-0.4, -0.2) is 77.0 Å². The van der Waals surface area contributed by atoms with Gasteiger partial charge in [0.15, 0.2) is 0 Å². The van der Waals surface area contributed by atoms with E-state index >= 15 is 0 Å². The van der Waals surface area contributed by atoms with Crippen molar-refractivity contribution in [3.8, 4) is 0 Å². The number of rotatable bonds is 4. The quantitative estimate of drug-likeness (QED) is 0.746. The van der Waals surface area contributed by atoms with Crippen molar-refractivity contribution in [1.29, 1.82) is 0 Å². The van der Waals surface area contributed by atoms with Crippen LogP contribution in [0.25, 0.3) is 0 Å². The number of amides is 3. The molecule has 7 nitrogen and oxygen atoms in total. The van der Waals surface area contributed by atoms with E-state index in [-0.39, 0.29) is 23.8 Å². The van der Waals surface area contributed by atoms with Gasteiger partial charge in [0.1, 0.15) is 0 Å². The topological polar surface area (TPSA) is 70.2 Å². The summed E-state index contributed by atoms with van der Waals surface area (Å²) in [6.07, 6.45) is 4.03. The SMILES string of the molecule is CCOC(=O)N1C2CCC1CC(N1C[C@@H]3[C@H](C1)[C@H]3C(=O)N(CC)C(C)=O)C2. The summed E-state index contributed by atoms with van der Waals surface area (Å²) in [5.74, 6) is 0.740. The number of hydrogen-bond acceptors (Lipinski definition) is 5. The van der Waals surface area contributed by atoms with E-state index in [1.165, 1.54) is 11.8 Å². The van der Waals surface area contributed by atoms with Gasteiger partial charge in [-0.3, -0.25) is 19.4 Å². The molecule has 3 saturated heterocycles. The molecule has 150 valence electrons. The normalized spacial score (nSPS) is 37.1. The van der Waals surface area contributed by atoms with Gasteiger partial charge in [0, 0.05) is 50.6 Å². The van der Waals surface area contributed by atoms with Crippen LogP contribution in [0.5, 0.6) is 0 Å². The summed E-state index contributed by atoms with van der Waals surface area (Å²) in [7, 11) is 0. The Morgan fingerprint density at radius 2 is 1.59 bits per heavy atom. The molecule has 0 aromatic heterocycles. The lowest BCUT2D eigenvalue weighted by Gasteiger charge is -2.42. The van der Waals surface area contributed by atoms with Gasteiger partial charge in [0.2, 0.25) is 11.8 Å². The van der Waals surface area contributed by atoms with Crippen LogP contribution in [0.1, 0.15) is 46.5 Å². The first-order valence-corrected chi connectivity index (χ1v) is 10.5. The van der Waals surface area contributed by atoms with Crippen LogP contribution in [0.2, 0.25) is 0 Å². The summed E-state index contributed by atoms with van der Waals surface area (Å²) in [6.45, 7) is 7.99. The molecule has 0 radical (unpaired) electrons. The largest absolute Gasteiger partial charge is 0.450 e. The molecule has 2 unspecified atom stereocenters. The highest BCUT2D eigenvalue weighted by Gasteiger charge is 2.61. The molecule has 5 atom stereocenters. The van der Waals surface area contributed by atoms with Crippen molar-refractivity contribution in [3.05, 3.63) is 0 Å². The molecule has 3 heterocycles. The Morgan fingerprint density at radius 1 is 1.00 bits per heavy atom. The average Bonchev–Trinajstić information content (AvgIpc) is 2.99. The van der Waals surface area contributed by atoms with E-state index < -0.39 is 0 Å². The zero-order chi connectivity index (χ0) is 19.3. The van der Waals surface area contributed by atoms with Crippen molar-refractivity contribution in [2.45, 2.75) is 64.6 Å². The standard InChI is InChI=1S/C20H31N3O4/c1-4-22(12(3)24)19(25)18-16-10-21(11-17(16)18)15-8-13-6-7-14(9-15)23(13)20(26)27-5-2/h13-18H,4-11H2,1-3H3/t13?,14?,15?,16-,17+,18+. The minimum atomic E-state index is -0.151. The number of carbonyl (C=O) groups excluding carboxylic acids is 3. The van der Waals surface area contributed by atoms with E-state index in [4.69, 9.17) is 4.74 Å². The third-order valence-electron chi connectivity index (χ3n) is 7.17. The number of fused-ring (bicyclic) bond motifs is 3. The highest BCUT2D eigenvalue weighted by molar-refractivity contribution is 5.97. The van der Waals surface area contributed by atoms with Crippen molar-refractivity contribution in [2.24, 2.45) is 17.8 Å². The first-order chi connectivity index (χ1) is 13.0. The Balaban J connectivity index is 1.32. The van der Waals surface area contributed by atoms with E-state index in [9.17, 15) is 14.4 Å². The zero-order valence-electron chi connectivity index (χ0n) is 16.6. The van der Waals surface area contributed by atoms with E-state index in [0.717, 1.165) is 38.8 Å². The fraction of sp³-hybridized carbons (Fsp3) is 0.850. The fourth-order valence-electron chi connectivity index (χ4n) is 5.88. The van der Waals surface area contributed by atoms with Crippen molar-refractivity contribution in [1.82, 2.24) is 14.7 Å². The van der Waals surface area contributed by atoms with Gasteiger partial charge in [-0.15, -0.1) is 0 Å². The molecule has 4 fully saturated rings. The number of carbonyl (C=O) groups is 3. The molecule has 4 rings (SSSR count). The lowest BCUT2D eigenvalue weighted by molar-refractivity contribution is -0.144. The van der Waals surface area contributed by atoms with Gasteiger partial charge in [0.25, 0.3) is 0 Å². The number of likely N-dealkylation sites (tertiary alicyclic amines) is 1. The maximum absolute atomic E-state index is 12.6. The number of piperidine rings is 2. The van der Waals surface area contributed by atoms with Gasteiger partial charge in [-0.2, -0.15) is 0 Å². The molecular weight excluding hydrogens is 346 g/mol. The summed E-state index contributed by atoms with van der Waals surface area (Å²) in [6, 6.07) is 1.11. The van der Waals surface area contributed by atoms with Crippen LogP contribution in [0, 0.1) is 17.8 Å². The third-order valence-corrected chi connectivity index (χ3v) is 7.17. The monoisotopic (exact) mass is 377 g/mol. The number of hydrogen-bond donors (Lipinski definition) is 0. The molecule has 1 saturated carbocycles. The van der Waals surface area contributed by atoms with Crippen LogP contribution in [0.4, 0.5) is 4.79 Å². The summed E-state index contributed by atoms with van der Waals surface area (Å²) in [4.78, 5) is 42.4. The lowest BCUT2D eigenvalue weighted by atomic mass is 9.96. The van der Waals surface area contributed by atoms with Gasteiger partial charge in [-0.25, -0.2) is 4.79 Å². The Bertz CT molecular complexity index is 613. The molecular formula is C20H31N3O4. The van der Waals surface area contributed by atoms with E-state index in [1.807, 2.05) is 18.7 Å². The third kappa shape index (κ3) is 3.13. The summed E-state index contributed by atoms with van der Waals surface area (Å²) in [5, 5.41) is 0. The minimum Gasteiger partial charge on any atom is -0.450 e. The molecule has 1 aliphatic carbocycles. The smallest absolute Gasteiger partial charge is 0.410 e. The highest BCUT2D eigenvalue weighted by atomic mass is 16.6. The molecule has 2 bridgehead atoms. The maximum Gasteiger partial charge on any atom is 0.410 e. The molecule has 27 heavy (non-hydrogen) atoms. The van der Waals surface area contributed by atoms with Crippen LogP contribution < -0.4 is 0 Å². The van der Waals surface area contributed by atoms with Crippen molar-refractivity contribution in [2.75, 3.05) is 26.2 Å². The van der Waals surface area contributed by atoms with Gasteiger partial charge < -0.3 is 9.64 Å². The number of imide groups is 1. The number of ether oxygens (including phenoxy) is 1. The van der Waals surface area contributed by atoms with Crippen LogP contribution >= 0.6 is 0 Å². The minimum absolute atomic E-state index is 0.0249. The highest BCUT2D eigenvalue weighted by Crippen LogP contribution is 2.54. The predicted molar refractivity (Wildman–Crippen MR) is 98.8 cm³/mol. The van der Waals surface area contributed by atoms with Crippen LogP contribution in [0.15, 0.2) is 0 Å². The van der Waals surface area contributed by atoms with Gasteiger partial charge in [-0.1, -0.05) is 0 Å². The Labute approximate surface area is 161 Å². The summed E-state index contributed by atoms with van der Waals surface area (Å²) in [5.41, 5.74) is 0. The predicted octanol–water partition coefficient (Wildman–Crippen LogP) is 1.71. The second kappa shape index (κ2) is 7.08. The zero-order valence-corrected chi connectivity index (χ0v) is 16.6. The van der Waals surface area contributed by atoms with Crippen LogP contribution in [-0.2, 0) is 14.3 Å². The Morgan fingerprint density at radius 3 is 2.07 bits per heavy atom. The van der Waals surface area contributed by atoms with Crippen LogP contribution in [0.3, 0.4) is 0 Å². The van der Waals surface area contributed by atoms with E-state index in [2.05, 4.69) is 4.90 Å². The van der Waals surface area contributed by atoms with Crippen molar-refractivity contribution in [3.63, 3.8) is 0 Å². The Hall–Kier alpha value is -1.63.